The Kier molecular flexibility index (Phi) is 3.86. The van der Waals surface area contributed by atoms with Crippen molar-refractivity contribution in [2.45, 2.75) is 12.8 Å². The van der Waals surface area contributed by atoms with Crippen LogP contribution in [0.2, 0.25) is 0 Å². The number of hydrogen-bond donors (Lipinski definition) is 2. The summed E-state index contributed by atoms with van der Waals surface area (Å²) in [5, 5.41) is 3.95. The summed E-state index contributed by atoms with van der Waals surface area (Å²) in [7, 11) is 0. The van der Waals surface area contributed by atoms with Crippen molar-refractivity contribution in [3.05, 3.63) is 78.0 Å². The van der Waals surface area contributed by atoms with Crippen LogP contribution in [0.25, 0.3) is 22.2 Å². The first-order valence-electron chi connectivity index (χ1n) is 9.33. The Bertz CT molecular complexity index is 1180. The number of para-hydroxylation sites is 2. The molecule has 138 valence electrons. The van der Waals surface area contributed by atoms with E-state index in [-0.39, 0.29) is 11.8 Å². The monoisotopic (exact) mass is 369 g/mol. The minimum absolute atomic E-state index is 0.0307. The first-order valence-corrected chi connectivity index (χ1v) is 9.33. The summed E-state index contributed by atoms with van der Waals surface area (Å²) in [5.74, 6) is 1.50. The van der Waals surface area contributed by atoms with Crippen molar-refractivity contribution in [1.29, 1.82) is 0 Å². The van der Waals surface area contributed by atoms with Crippen LogP contribution in [0.4, 0.5) is 0 Å². The number of hydrogen-bond acceptors (Lipinski definition) is 3. The lowest BCUT2D eigenvalue weighted by molar-refractivity contribution is 0.0941. The largest absolute Gasteiger partial charge is 0.439 e. The lowest BCUT2D eigenvalue weighted by Crippen LogP contribution is -2.33. The van der Waals surface area contributed by atoms with Gasteiger partial charge in [-0.1, -0.05) is 43.3 Å². The third kappa shape index (κ3) is 2.81. The molecule has 28 heavy (non-hydrogen) atoms. The molecular formula is C23H19N3O2. The van der Waals surface area contributed by atoms with Crippen LogP contribution in [-0.4, -0.2) is 22.4 Å². The number of ether oxygens (including phenoxy) is 1. The molecule has 0 aliphatic carbocycles. The zero-order chi connectivity index (χ0) is 19.1. The van der Waals surface area contributed by atoms with Crippen molar-refractivity contribution >= 4 is 16.8 Å². The Hall–Kier alpha value is -3.60. The molecule has 3 heterocycles. The van der Waals surface area contributed by atoms with Gasteiger partial charge in [-0.3, -0.25) is 4.79 Å². The Balaban J connectivity index is 1.61. The molecule has 2 N–H and O–H groups in total. The van der Waals surface area contributed by atoms with Gasteiger partial charge in [-0.25, -0.2) is 4.98 Å². The van der Waals surface area contributed by atoms with Crippen LogP contribution in [0.5, 0.6) is 11.6 Å². The molecule has 1 aliphatic rings. The third-order valence-corrected chi connectivity index (χ3v) is 5.10. The van der Waals surface area contributed by atoms with Gasteiger partial charge in [-0.05, 0) is 24.3 Å². The van der Waals surface area contributed by atoms with Crippen molar-refractivity contribution in [2.24, 2.45) is 0 Å². The Morgan fingerprint density at radius 2 is 1.86 bits per heavy atom. The molecule has 0 radical (unpaired) electrons. The summed E-state index contributed by atoms with van der Waals surface area (Å²) in [5.41, 5.74) is 4.37. The number of carbonyl (C=O) groups excluding carboxylic acids is 1. The summed E-state index contributed by atoms with van der Waals surface area (Å²) in [6, 6.07) is 21.4. The minimum atomic E-state index is -0.0307. The molecule has 0 saturated carbocycles. The van der Waals surface area contributed by atoms with Crippen LogP contribution in [0.15, 0.2) is 66.7 Å². The molecule has 1 amide bonds. The van der Waals surface area contributed by atoms with Crippen molar-refractivity contribution in [2.75, 3.05) is 6.54 Å². The highest BCUT2D eigenvalue weighted by Gasteiger charge is 2.25. The molecule has 5 heteroatoms. The average Bonchev–Trinajstić information content (AvgIpc) is 3.18. The van der Waals surface area contributed by atoms with E-state index in [9.17, 15) is 4.79 Å². The number of fused-ring (bicyclic) bond motifs is 2. The molecule has 2 aromatic carbocycles. The van der Waals surface area contributed by atoms with E-state index >= 15 is 0 Å². The number of nitrogens with one attached hydrogen (secondary N) is 2. The summed E-state index contributed by atoms with van der Waals surface area (Å²) in [6.45, 7) is 2.75. The Labute approximate surface area is 162 Å². The molecule has 5 rings (SSSR count). The summed E-state index contributed by atoms with van der Waals surface area (Å²) < 4.78 is 5.91. The fourth-order valence-electron chi connectivity index (χ4n) is 3.65. The zero-order valence-corrected chi connectivity index (χ0v) is 15.4. The second kappa shape index (κ2) is 6.53. The summed E-state index contributed by atoms with van der Waals surface area (Å²) in [4.78, 5) is 20.4. The molecular weight excluding hydrogens is 350 g/mol. The maximum absolute atomic E-state index is 12.2. The number of pyridine rings is 1. The second-order valence-electron chi connectivity index (χ2n) is 7.06. The lowest BCUT2D eigenvalue weighted by atomic mass is 9.99. The SMILES string of the molecule is CC1CNC(=O)c2cc(-c3cccc4ccc(Oc5ccccc5)nc34)[nH]c21. The van der Waals surface area contributed by atoms with Crippen LogP contribution in [0, 0.1) is 0 Å². The number of nitrogens with zero attached hydrogens (tertiary/aromatic N) is 1. The van der Waals surface area contributed by atoms with Gasteiger partial charge in [0.2, 0.25) is 5.88 Å². The van der Waals surface area contributed by atoms with Gasteiger partial charge in [0.05, 0.1) is 11.1 Å². The van der Waals surface area contributed by atoms with Crippen molar-refractivity contribution in [3.8, 4) is 22.9 Å². The van der Waals surface area contributed by atoms with Crippen molar-refractivity contribution in [1.82, 2.24) is 15.3 Å². The fourth-order valence-corrected chi connectivity index (χ4v) is 3.65. The molecule has 4 aromatic rings. The minimum Gasteiger partial charge on any atom is -0.439 e. The molecule has 1 unspecified atom stereocenters. The second-order valence-corrected chi connectivity index (χ2v) is 7.06. The van der Waals surface area contributed by atoms with E-state index in [1.54, 1.807) is 0 Å². The Morgan fingerprint density at radius 3 is 2.68 bits per heavy atom. The first-order chi connectivity index (χ1) is 13.7. The summed E-state index contributed by atoms with van der Waals surface area (Å²) >= 11 is 0. The van der Waals surface area contributed by atoms with Gasteiger partial charge in [0, 0.05) is 40.9 Å². The van der Waals surface area contributed by atoms with E-state index in [0.717, 1.165) is 33.6 Å². The normalized spacial score (nSPS) is 15.9. The van der Waals surface area contributed by atoms with Gasteiger partial charge < -0.3 is 15.0 Å². The van der Waals surface area contributed by atoms with Crippen LogP contribution in [0.1, 0.15) is 28.9 Å². The highest BCUT2D eigenvalue weighted by Crippen LogP contribution is 2.33. The standard InChI is InChI=1S/C23H19N3O2/c1-14-13-24-23(27)18-12-19(25-21(14)18)17-9-5-6-15-10-11-20(26-22(15)17)28-16-7-3-2-4-8-16/h2-12,14,25H,13H2,1H3,(H,24,27). The zero-order valence-electron chi connectivity index (χ0n) is 15.4. The molecule has 0 fully saturated rings. The van der Waals surface area contributed by atoms with E-state index in [1.165, 1.54) is 0 Å². The number of aromatic amines is 1. The van der Waals surface area contributed by atoms with Crippen molar-refractivity contribution in [3.63, 3.8) is 0 Å². The number of aromatic nitrogens is 2. The van der Waals surface area contributed by atoms with Gasteiger partial charge in [-0.2, -0.15) is 0 Å². The van der Waals surface area contributed by atoms with Gasteiger partial charge in [-0.15, -0.1) is 0 Å². The van der Waals surface area contributed by atoms with Crippen LogP contribution in [0.3, 0.4) is 0 Å². The predicted molar refractivity (Wildman–Crippen MR) is 109 cm³/mol. The maximum atomic E-state index is 12.2. The molecule has 0 spiro atoms. The number of rotatable bonds is 3. The summed E-state index contributed by atoms with van der Waals surface area (Å²) in [6.07, 6.45) is 0. The van der Waals surface area contributed by atoms with Crippen LogP contribution >= 0.6 is 0 Å². The molecule has 0 bridgehead atoms. The smallest absolute Gasteiger partial charge is 0.253 e. The van der Waals surface area contributed by atoms with E-state index in [0.29, 0.717) is 18.0 Å². The number of carbonyl (C=O) groups is 1. The fraction of sp³-hybridized carbons (Fsp3) is 0.130. The van der Waals surface area contributed by atoms with Crippen LogP contribution < -0.4 is 10.1 Å². The first kappa shape index (κ1) is 16.6. The number of amides is 1. The third-order valence-electron chi connectivity index (χ3n) is 5.10. The van der Waals surface area contributed by atoms with Crippen LogP contribution in [-0.2, 0) is 0 Å². The number of H-pyrrole nitrogens is 1. The molecule has 1 atom stereocenters. The molecule has 5 nitrogen and oxygen atoms in total. The van der Waals surface area contributed by atoms with E-state index in [4.69, 9.17) is 9.72 Å². The van der Waals surface area contributed by atoms with Gasteiger partial charge in [0.1, 0.15) is 5.75 Å². The molecule has 1 aliphatic heterocycles. The van der Waals surface area contributed by atoms with Gasteiger partial charge in [0.15, 0.2) is 0 Å². The highest BCUT2D eigenvalue weighted by molar-refractivity contribution is 6.00. The Morgan fingerprint density at radius 1 is 1.00 bits per heavy atom. The number of benzene rings is 2. The molecule has 0 saturated heterocycles. The lowest BCUT2D eigenvalue weighted by Gasteiger charge is -2.18. The highest BCUT2D eigenvalue weighted by atomic mass is 16.5. The van der Waals surface area contributed by atoms with E-state index in [2.05, 4.69) is 17.2 Å². The predicted octanol–water partition coefficient (Wildman–Crippen LogP) is 4.87. The van der Waals surface area contributed by atoms with E-state index in [1.807, 2.05) is 66.7 Å². The van der Waals surface area contributed by atoms with Crippen molar-refractivity contribution < 1.29 is 9.53 Å². The van der Waals surface area contributed by atoms with Gasteiger partial charge >= 0.3 is 0 Å². The maximum Gasteiger partial charge on any atom is 0.253 e. The quantitative estimate of drug-likeness (QED) is 0.541. The average molecular weight is 369 g/mol. The van der Waals surface area contributed by atoms with E-state index < -0.39 is 0 Å². The molecule has 2 aromatic heterocycles. The van der Waals surface area contributed by atoms with Gasteiger partial charge in [0.25, 0.3) is 5.91 Å². The topological polar surface area (TPSA) is 67.0 Å².